The third-order valence-electron chi connectivity index (χ3n) is 2.55. The van der Waals surface area contributed by atoms with E-state index in [9.17, 15) is 4.79 Å². The summed E-state index contributed by atoms with van der Waals surface area (Å²) in [6.07, 6.45) is 4.58. The molecule has 1 fully saturated rings. The summed E-state index contributed by atoms with van der Waals surface area (Å²) in [5.74, 6) is -0.682. The summed E-state index contributed by atoms with van der Waals surface area (Å²) in [7, 11) is 0. The Balaban J connectivity index is 2.34. The zero-order valence-corrected chi connectivity index (χ0v) is 7.60. The highest BCUT2D eigenvalue weighted by Crippen LogP contribution is 2.34. The Morgan fingerprint density at radius 1 is 1.58 bits per heavy atom. The molecule has 1 aliphatic carbocycles. The number of hydrogen-bond donors (Lipinski definition) is 2. The van der Waals surface area contributed by atoms with E-state index in [0.717, 1.165) is 25.8 Å². The number of carboxylic acids is 1. The van der Waals surface area contributed by atoms with Gasteiger partial charge in [0.1, 0.15) is 0 Å². The van der Waals surface area contributed by atoms with Crippen molar-refractivity contribution in [1.29, 1.82) is 0 Å². The molecule has 0 aromatic carbocycles. The third-order valence-corrected chi connectivity index (χ3v) is 2.55. The summed E-state index contributed by atoms with van der Waals surface area (Å²) in [5, 5.41) is 12.0. The summed E-state index contributed by atoms with van der Waals surface area (Å²) < 4.78 is 0. The number of carboxylic acid groups (broad SMARTS) is 1. The Kier molecular flexibility index (Phi) is 3.09. The van der Waals surface area contributed by atoms with Crippen LogP contribution in [0.2, 0.25) is 0 Å². The molecule has 0 amide bonds. The number of rotatable bonds is 5. The molecule has 0 aromatic rings. The van der Waals surface area contributed by atoms with E-state index in [1.54, 1.807) is 0 Å². The van der Waals surface area contributed by atoms with Crippen LogP contribution in [0.3, 0.4) is 0 Å². The van der Waals surface area contributed by atoms with Crippen LogP contribution in [0.4, 0.5) is 0 Å². The van der Waals surface area contributed by atoms with Gasteiger partial charge in [0, 0.05) is 5.54 Å². The highest BCUT2D eigenvalue weighted by atomic mass is 16.4. The monoisotopic (exact) mass is 171 g/mol. The molecule has 1 saturated carbocycles. The maximum Gasteiger partial charge on any atom is 0.305 e. The normalized spacial score (nSPS) is 20.1. The lowest BCUT2D eigenvalue weighted by Crippen LogP contribution is -2.52. The van der Waals surface area contributed by atoms with Gasteiger partial charge in [-0.15, -0.1) is 0 Å². The van der Waals surface area contributed by atoms with Crippen LogP contribution >= 0.6 is 0 Å². The average Bonchev–Trinajstić information content (AvgIpc) is 1.94. The van der Waals surface area contributed by atoms with Crippen molar-refractivity contribution in [2.45, 2.75) is 44.6 Å². The van der Waals surface area contributed by atoms with Crippen LogP contribution < -0.4 is 5.32 Å². The van der Waals surface area contributed by atoms with Gasteiger partial charge in [-0.05, 0) is 32.2 Å². The predicted octanol–water partition coefficient (Wildman–Crippen LogP) is 1.38. The van der Waals surface area contributed by atoms with Gasteiger partial charge in [0.15, 0.2) is 0 Å². The van der Waals surface area contributed by atoms with Crippen molar-refractivity contribution in [3.8, 4) is 0 Å². The fourth-order valence-electron chi connectivity index (χ4n) is 1.70. The molecule has 0 spiro atoms. The lowest BCUT2D eigenvalue weighted by atomic mass is 9.74. The second-order valence-corrected chi connectivity index (χ2v) is 3.63. The summed E-state index contributed by atoms with van der Waals surface area (Å²) >= 11 is 0. The Bertz CT molecular complexity index is 164. The minimum absolute atomic E-state index is 0.0537. The molecule has 0 aromatic heterocycles. The molecule has 1 rings (SSSR count). The summed E-state index contributed by atoms with van der Waals surface area (Å²) in [5.41, 5.74) is -0.0537. The van der Waals surface area contributed by atoms with Gasteiger partial charge in [-0.25, -0.2) is 0 Å². The smallest absolute Gasteiger partial charge is 0.305 e. The summed E-state index contributed by atoms with van der Waals surface area (Å²) in [6, 6.07) is 0. The molecule has 0 saturated heterocycles. The second-order valence-electron chi connectivity index (χ2n) is 3.63. The number of hydrogen-bond acceptors (Lipinski definition) is 2. The van der Waals surface area contributed by atoms with Crippen molar-refractivity contribution in [2.24, 2.45) is 0 Å². The van der Waals surface area contributed by atoms with E-state index in [4.69, 9.17) is 5.11 Å². The van der Waals surface area contributed by atoms with E-state index in [-0.39, 0.29) is 12.0 Å². The van der Waals surface area contributed by atoms with Crippen LogP contribution in [-0.2, 0) is 4.79 Å². The van der Waals surface area contributed by atoms with E-state index in [2.05, 4.69) is 12.2 Å². The van der Waals surface area contributed by atoms with E-state index in [0.29, 0.717) is 0 Å². The van der Waals surface area contributed by atoms with Crippen molar-refractivity contribution < 1.29 is 9.90 Å². The largest absolute Gasteiger partial charge is 0.481 e. The standard InChI is InChI=1S/C9H17NO2/c1-2-6-10-9(4-3-5-9)7-8(11)12/h10H,2-7H2,1H3,(H,11,12). The van der Waals surface area contributed by atoms with Crippen LogP contribution in [0.1, 0.15) is 39.0 Å². The van der Waals surface area contributed by atoms with Crippen molar-refractivity contribution in [2.75, 3.05) is 6.54 Å². The van der Waals surface area contributed by atoms with Gasteiger partial charge in [0.05, 0.1) is 6.42 Å². The Morgan fingerprint density at radius 3 is 2.58 bits per heavy atom. The van der Waals surface area contributed by atoms with Gasteiger partial charge in [-0.1, -0.05) is 6.92 Å². The fraction of sp³-hybridized carbons (Fsp3) is 0.889. The number of nitrogens with one attached hydrogen (secondary N) is 1. The first-order valence-electron chi connectivity index (χ1n) is 4.65. The zero-order chi connectivity index (χ0) is 9.03. The lowest BCUT2D eigenvalue weighted by Gasteiger charge is -2.41. The molecule has 0 atom stereocenters. The quantitative estimate of drug-likeness (QED) is 0.657. The minimum Gasteiger partial charge on any atom is -0.481 e. The van der Waals surface area contributed by atoms with Crippen LogP contribution in [0.25, 0.3) is 0 Å². The van der Waals surface area contributed by atoms with Crippen molar-refractivity contribution in [3.05, 3.63) is 0 Å². The van der Waals surface area contributed by atoms with E-state index in [1.807, 2.05) is 0 Å². The third kappa shape index (κ3) is 2.21. The Labute approximate surface area is 73.2 Å². The summed E-state index contributed by atoms with van der Waals surface area (Å²) in [6.45, 7) is 3.04. The van der Waals surface area contributed by atoms with Gasteiger partial charge in [-0.3, -0.25) is 4.79 Å². The molecular formula is C9H17NO2. The Morgan fingerprint density at radius 2 is 2.25 bits per heavy atom. The Hall–Kier alpha value is -0.570. The first kappa shape index (κ1) is 9.52. The van der Waals surface area contributed by atoms with Crippen LogP contribution in [0.5, 0.6) is 0 Å². The van der Waals surface area contributed by atoms with E-state index in [1.165, 1.54) is 6.42 Å². The highest BCUT2D eigenvalue weighted by Gasteiger charge is 2.37. The molecule has 0 bridgehead atoms. The molecule has 0 heterocycles. The van der Waals surface area contributed by atoms with Crippen molar-refractivity contribution in [1.82, 2.24) is 5.32 Å². The fourth-order valence-corrected chi connectivity index (χ4v) is 1.70. The SMILES string of the molecule is CCCNC1(CC(=O)O)CCC1. The predicted molar refractivity (Wildman–Crippen MR) is 47.1 cm³/mol. The van der Waals surface area contributed by atoms with Gasteiger partial charge in [-0.2, -0.15) is 0 Å². The number of aliphatic carboxylic acids is 1. The van der Waals surface area contributed by atoms with Crippen molar-refractivity contribution in [3.63, 3.8) is 0 Å². The molecule has 0 unspecified atom stereocenters. The van der Waals surface area contributed by atoms with Gasteiger partial charge < -0.3 is 10.4 Å². The first-order valence-corrected chi connectivity index (χ1v) is 4.65. The molecule has 1 aliphatic rings. The maximum atomic E-state index is 10.5. The molecular weight excluding hydrogens is 154 g/mol. The maximum absolute atomic E-state index is 10.5. The number of carbonyl (C=O) groups is 1. The topological polar surface area (TPSA) is 49.3 Å². The van der Waals surface area contributed by atoms with E-state index >= 15 is 0 Å². The van der Waals surface area contributed by atoms with Crippen molar-refractivity contribution >= 4 is 5.97 Å². The van der Waals surface area contributed by atoms with Crippen LogP contribution in [0.15, 0.2) is 0 Å². The minimum atomic E-state index is -0.682. The molecule has 3 heteroatoms. The second kappa shape index (κ2) is 3.90. The lowest BCUT2D eigenvalue weighted by molar-refractivity contribution is -0.139. The molecule has 0 aliphatic heterocycles. The van der Waals surface area contributed by atoms with Crippen LogP contribution in [0, 0.1) is 0 Å². The average molecular weight is 171 g/mol. The highest BCUT2D eigenvalue weighted by molar-refractivity contribution is 5.68. The molecule has 70 valence electrons. The van der Waals surface area contributed by atoms with Gasteiger partial charge in [0.2, 0.25) is 0 Å². The molecule has 12 heavy (non-hydrogen) atoms. The van der Waals surface area contributed by atoms with Gasteiger partial charge in [0.25, 0.3) is 0 Å². The summed E-state index contributed by atoms with van der Waals surface area (Å²) in [4.78, 5) is 10.5. The van der Waals surface area contributed by atoms with Crippen LogP contribution in [-0.4, -0.2) is 23.2 Å². The first-order chi connectivity index (χ1) is 5.68. The molecule has 3 nitrogen and oxygen atoms in total. The molecule has 0 radical (unpaired) electrons. The van der Waals surface area contributed by atoms with E-state index < -0.39 is 5.97 Å². The molecule has 2 N–H and O–H groups in total. The zero-order valence-electron chi connectivity index (χ0n) is 7.60. The van der Waals surface area contributed by atoms with Gasteiger partial charge >= 0.3 is 5.97 Å².